The van der Waals surface area contributed by atoms with Crippen molar-refractivity contribution in [2.24, 2.45) is 5.92 Å². The van der Waals surface area contributed by atoms with Crippen LogP contribution in [0, 0.1) is 12.8 Å². The van der Waals surface area contributed by atoms with Crippen LogP contribution in [0.3, 0.4) is 0 Å². The Morgan fingerprint density at radius 1 is 1.27 bits per heavy atom. The molecule has 2 fully saturated rings. The van der Waals surface area contributed by atoms with Crippen LogP contribution >= 0.6 is 0 Å². The van der Waals surface area contributed by atoms with Crippen molar-refractivity contribution in [3.8, 4) is 17.0 Å². The van der Waals surface area contributed by atoms with Crippen LogP contribution in [-0.2, 0) is 16.5 Å². The maximum Gasteiger partial charge on any atom is 0.416 e. The minimum Gasteiger partial charge on any atom is -0.507 e. The van der Waals surface area contributed by atoms with Crippen molar-refractivity contribution in [3.63, 3.8) is 0 Å². The summed E-state index contributed by atoms with van der Waals surface area (Å²) in [5, 5.41) is 14.8. The van der Waals surface area contributed by atoms with E-state index in [1.807, 2.05) is 24.7 Å². The molecule has 1 saturated heterocycles. The van der Waals surface area contributed by atoms with Crippen LogP contribution in [0.4, 0.5) is 13.2 Å². The van der Waals surface area contributed by atoms with Crippen LogP contribution in [0.5, 0.6) is 5.75 Å². The third kappa shape index (κ3) is 3.30. The zero-order chi connectivity index (χ0) is 21.7. The van der Waals surface area contributed by atoms with Crippen LogP contribution < -0.4 is 0 Å². The SMILES string of the molecule is CC.Cc1cc(C(F)(F)F)cc(O)c1-c1cnc2cn(C34CCOCC3C4)nc2n1. The van der Waals surface area contributed by atoms with Gasteiger partial charge in [0.1, 0.15) is 11.3 Å². The number of fused-ring (bicyclic) bond motifs is 2. The number of ether oxygens (including phenoxy) is 1. The van der Waals surface area contributed by atoms with Crippen LogP contribution in [0.25, 0.3) is 22.4 Å². The fourth-order valence-electron chi connectivity index (χ4n) is 4.17. The van der Waals surface area contributed by atoms with Crippen LogP contribution in [0.2, 0.25) is 0 Å². The Bertz CT molecular complexity index is 1070. The molecule has 0 amide bonds. The fourth-order valence-corrected chi connectivity index (χ4v) is 4.17. The number of aromatic nitrogens is 4. The molecule has 1 N–H and O–H groups in total. The van der Waals surface area contributed by atoms with Gasteiger partial charge in [0.2, 0.25) is 0 Å². The highest BCUT2D eigenvalue weighted by Crippen LogP contribution is 2.55. The van der Waals surface area contributed by atoms with Gasteiger partial charge in [-0.2, -0.15) is 18.3 Å². The number of phenols is 1. The average molecular weight is 420 g/mol. The summed E-state index contributed by atoms with van der Waals surface area (Å²) in [5.74, 6) is -0.0399. The molecular weight excluding hydrogens is 397 g/mol. The van der Waals surface area contributed by atoms with E-state index in [1.165, 1.54) is 13.1 Å². The summed E-state index contributed by atoms with van der Waals surface area (Å²) < 4.78 is 46.3. The predicted molar refractivity (Wildman–Crippen MR) is 105 cm³/mol. The third-order valence-electron chi connectivity index (χ3n) is 5.78. The summed E-state index contributed by atoms with van der Waals surface area (Å²) in [4.78, 5) is 8.82. The fraction of sp³-hybridized carbons (Fsp3) is 0.476. The van der Waals surface area contributed by atoms with Gasteiger partial charge >= 0.3 is 6.18 Å². The van der Waals surface area contributed by atoms with Gasteiger partial charge in [-0.1, -0.05) is 13.8 Å². The first-order valence-corrected chi connectivity index (χ1v) is 10.00. The number of hydrogen-bond acceptors (Lipinski definition) is 5. The summed E-state index contributed by atoms with van der Waals surface area (Å²) >= 11 is 0. The van der Waals surface area contributed by atoms with E-state index in [9.17, 15) is 18.3 Å². The number of alkyl halides is 3. The van der Waals surface area contributed by atoms with Crippen LogP contribution in [-0.4, -0.2) is 38.1 Å². The number of nitrogens with zero attached hydrogens (tertiary/aromatic N) is 4. The van der Waals surface area contributed by atoms with Gasteiger partial charge in [-0.05, 0) is 37.5 Å². The van der Waals surface area contributed by atoms with Gasteiger partial charge < -0.3 is 9.84 Å². The van der Waals surface area contributed by atoms with Gasteiger partial charge in [-0.15, -0.1) is 0 Å². The van der Waals surface area contributed by atoms with Gasteiger partial charge in [-0.3, -0.25) is 4.68 Å². The van der Waals surface area contributed by atoms with Gasteiger partial charge in [0.05, 0.1) is 35.8 Å². The van der Waals surface area contributed by atoms with E-state index in [2.05, 4.69) is 15.1 Å². The van der Waals surface area contributed by atoms with E-state index >= 15 is 0 Å². The second-order valence-corrected chi connectivity index (χ2v) is 7.55. The lowest BCUT2D eigenvalue weighted by molar-refractivity contribution is -0.137. The quantitative estimate of drug-likeness (QED) is 0.651. The maximum atomic E-state index is 12.9. The van der Waals surface area contributed by atoms with Gasteiger partial charge in [-0.25, -0.2) is 9.97 Å². The topological polar surface area (TPSA) is 73.1 Å². The standard InChI is InChI=1S/C19H17F3N4O2.C2H6/c1-10-4-11(19(20,21)22)5-15(27)16(10)13-7-23-14-8-26(25-17(14)24-13)18-2-3-28-9-12(18)6-18;1-2/h4-5,7-8,12,27H,2-3,6,9H2,1H3;1-2H3. The van der Waals surface area contributed by atoms with E-state index in [1.54, 1.807) is 0 Å². The number of rotatable bonds is 2. The molecule has 2 aromatic heterocycles. The van der Waals surface area contributed by atoms with Crippen molar-refractivity contribution in [2.45, 2.75) is 45.3 Å². The Morgan fingerprint density at radius 2 is 2.03 bits per heavy atom. The highest BCUT2D eigenvalue weighted by Gasteiger charge is 2.58. The number of aromatic hydroxyl groups is 1. The monoisotopic (exact) mass is 420 g/mol. The van der Waals surface area contributed by atoms with Crippen molar-refractivity contribution >= 4 is 11.2 Å². The Morgan fingerprint density at radius 3 is 2.70 bits per heavy atom. The molecule has 5 rings (SSSR count). The molecule has 9 heteroatoms. The third-order valence-corrected chi connectivity index (χ3v) is 5.78. The van der Waals surface area contributed by atoms with Crippen molar-refractivity contribution < 1.29 is 23.0 Å². The summed E-state index contributed by atoms with van der Waals surface area (Å²) in [6, 6.07) is 1.71. The highest BCUT2D eigenvalue weighted by atomic mass is 19.4. The summed E-state index contributed by atoms with van der Waals surface area (Å²) in [5.41, 5.74) is 0.868. The largest absolute Gasteiger partial charge is 0.507 e. The molecule has 160 valence electrons. The van der Waals surface area contributed by atoms with Gasteiger partial charge in [0, 0.05) is 18.1 Å². The zero-order valence-corrected chi connectivity index (χ0v) is 17.0. The second kappa shape index (κ2) is 7.23. The number of aryl methyl sites for hydroxylation is 1. The summed E-state index contributed by atoms with van der Waals surface area (Å²) in [6.45, 7) is 6.92. The smallest absolute Gasteiger partial charge is 0.416 e. The second-order valence-electron chi connectivity index (χ2n) is 7.55. The average Bonchev–Trinajstić information content (AvgIpc) is 3.31. The molecule has 3 heterocycles. The molecule has 2 unspecified atom stereocenters. The molecule has 1 aliphatic heterocycles. The maximum absolute atomic E-state index is 12.9. The first kappa shape index (κ1) is 20.6. The van der Waals surface area contributed by atoms with Gasteiger partial charge in [0.15, 0.2) is 5.65 Å². The Labute approximate surface area is 171 Å². The molecule has 1 saturated carbocycles. The molecule has 6 nitrogen and oxygen atoms in total. The van der Waals surface area contributed by atoms with Crippen molar-refractivity contribution in [2.75, 3.05) is 13.2 Å². The Hall–Kier alpha value is -2.68. The normalized spacial score (nSPS) is 22.9. The van der Waals surface area contributed by atoms with Crippen molar-refractivity contribution in [1.29, 1.82) is 0 Å². The number of halogens is 3. The molecule has 0 bridgehead atoms. The number of phenolic OH excluding ortho intramolecular Hbond substituents is 1. The Kier molecular flexibility index (Phi) is 4.96. The minimum atomic E-state index is -4.53. The molecule has 30 heavy (non-hydrogen) atoms. The highest BCUT2D eigenvalue weighted by molar-refractivity contribution is 5.77. The number of hydrogen-bond donors (Lipinski definition) is 1. The van der Waals surface area contributed by atoms with E-state index in [4.69, 9.17) is 4.74 Å². The molecule has 2 aliphatic rings. The van der Waals surface area contributed by atoms with Crippen LogP contribution in [0.15, 0.2) is 24.5 Å². The molecule has 3 aromatic rings. The Balaban J connectivity index is 0.00000106. The lowest BCUT2D eigenvalue weighted by atomic mass is 10.0. The van der Waals surface area contributed by atoms with E-state index in [0.717, 1.165) is 25.5 Å². The van der Waals surface area contributed by atoms with Crippen molar-refractivity contribution in [3.05, 3.63) is 35.7 Å². The molecule has 1 aliphatic carbocycles. The molecule has 0 radical (unpaired) electrons. The number of benzene rings is 1. The summed E-state index contributed by atoms with van der Waals surface area (Å²) in [6.07, 6.45) is 0.676. The van der Waals surface area contributed by atoms with Gasteiger partial charge in [0.25, 0.3) is 0 Å². The van der Waals surface area contributed by atoms with E-state index < -0.39 is 17.5 Å². The molecule has 2 atom stereocenters. The molecular formula is C21H23F3N4O2. The first-order chi connectivity index (χ1) is 14.3. The minimum absolute atomic E-state index is 0.0345. The first-order valence-electron chi connectivity index (χ1n) is 10.00. The zero-order valence-electron chi connectivity index (χ0n) is 17.0. The van der Waals surface area contributed by atoms with E-state index in [0.29, 0.717) is 35.4 Å². The van der Waals surface area contributed by atoms with E-state index in [-0.39, 0.29) is 16.7 Å². The predicted octanol–water partition coefficient (Wildman–Crippen LogP) is 4.69. The lowest BCUT2D eigenvalue weighted by Gasteiger charge is -2.22. The lowest BCUT2D eigenvalue weighted by Crippen LogP contribution is -2.28. The van der Waals surface area contributed by atoms with Crippen LogP contribution in [0.1, 0.15) is 37.8 Å². The molecule has 1 aromatic carbocycles. The summed E-state index contributed by atoms with van der Waals surface area (Å²) in [7, 11) is 0. The van der Waals surface area contributed by atoms with Crippen molar-refractivity contribution in [1.82, 2.24) is 19.7 Å². The molecule has 0 spiro atoms.